The molecule has 1 saturated carbocycles. The highest BCUT2D eigenvalue weighted by Gasteiger charge is 2.30. The van der Waals surface area contributed by atoms with Gasteiger partial charge < -0.3 is 0 Å². The second-order valence-corrected chi connectivity index (χ2v) is 4.23. The van der Waals surface area contributed by atoms with E-state index < -0.39 is 12.3 Å². The molecule has 0 amide bonds. The minimum atomic E-state index is -1.42. The van der Waals surface area contributed by atoms with Gasteiger partial charge in [-0.25, -0.2) is 8.78 Å². The maximum Gasteiger partial charge on any atom is 0.156 e. The first-order chi connectivity index (χ1) is 6.79. The van der Waals surface area contributed by atoms with Crippen LogP contribution in [0.4, 0.5) is 8.78 Å². The zero-order valence-corrected chi connectivity index (χ0v) is 8.26. The van der Waals surface area contributed by atoms with Crippen molar-refractivity contribution in [2.45, 2.75) is 44.4 Å². The first-order valence-corrected chi connectivity index (χ1v) is 5.45. The highest BCUT2D eigenvalue weighted by molar-refractivity contribution is 5.27. The Balaban J connectivity index is 2.08. The van der Waals surface area contributed by atoms with Crippen LogP contribution < -0.4 is 0 Å². The topological polar surface area (TPSA) is 0 Å². The maximum absolute atomic E-state index is 13.5. The Morgan fingerprint density at radius 2 is 1.79 bits per heavy atom. The van der Waals surface area contributed by atoms with Gasteiger partial charge in [-0.3, -0.25) is 0 Å². The SMILES string of the molecule is FC1C=CC=C(C2CCCCC2)C1F. The first-order valence-electron chi connectivity index (χ1n) is 5.45. The molecule has 0 radical (unpaired) electrons. The summed E-state index contributed by atoms with van der Waals surface area (Å²) in [5.41, 5.74) is 0.694. The molecule has 2 aliphatic rings. The van der Waals surface area contributed by atoms with Crippen molar-refractivity contribution >= 4 is 0 Å². The van der Waals surface area contributed by atoms with Crippen molar-refractivity contribution in [2.75, 3.05) is 0 Å². The Labute approximate surface area is 83.7 Å². The number of rotatable bonds is 1. The molecular formula is C12H16F2. The lowest BCUT2D eigenvalue weighted by molar-refractivity contribution is 0.210. The van der Waals surface area contributed by atoms with Gasteiger partial charge in [0, 0.05) is 0 Å². The predicted molar refractivity (Wildman–Crippen MR) is 53.6 cm³/mol. The Hall–Kier alpha value is -0.660. The van der Waals surface area contributed by atoms with Gasteiger partial charge >= 0.3 is 0 Å². The molecule has 14 heavy (non-hydrogen) atoms. The number of allylic oxidation sites excluding steroid dienone is 4. The number of hydrogen-bond donors (Lipinski definition) is 0. The van der Waals surface area contributed by atoms with Gasteiger partial charge in [-0.2, -0.15) is 0 Å². The first kappa shape index (κ1) is 9.88. The molecule has 0 aromatic heterocycles. The summed E-state index contributed by atoms with van der Waals surface area (Å²) >= 11 is 0. The van der Waals surface area contributed by atoms with Crippen LogP contribution in [-0.2, 0) is 0 Å². The van der Waals surface area contributed by atoms with Crippen LogP contribution in [0.3, 0.4) is 0 Å². The van der Waals surface area contributed by atoms with E-state index in [9.17, 15) is 8.78 Å². The largest absolute Gasteiger partial charge is 0.239 e. The lowest BCUT2D eigenvalue weighted by atomic mass is 9.80. The van der Waals surface area contributed by atoms with Crippen molar-refractivity contribution in [3.05, 3.63) is 23.8 Å². The molecule has 2 atom stereocenters. The quantitative estimate of drug-likeness (QED) is 0.602. The van der Waals surface area contributed by atoms with E-state index in [0.717, 1.165) is 25.7 Å². The molecule has 0 aromatic rings. The smallest absolute Gasteiger partial charge is 0.156 e. The molecule has 2 rings (SSSR count). The van der Waals surface area contributed by atoms with E-state index in [1.54, 1.807) is 12.2 Å². The predicted octanol–water partition coefficient (Wildman–Crippen LogP) is 3.74. The van der Waals surface area contributed by atoms with Crippen LogP contribution in [0.25, 0.3) is 0 Å². The third-order valence-electron chi connectivity index (χ3n) is 3.26. The molecule has 78 valence electrons. The highest BCUT2D eigenvalue weighted by atomic mass is 19.2. The summed E-state index contributed by atoms with van der Waals surface area (Å²) in [7, 11) is 0. The lowest BCUT2D eigenvalue weighted by Gasteiger charge is -2.28. The molecular weight excluding hydrogens is 182 g/mol. The lowest BCUT2D eigenvalue weighted by Crippen LogP contribution is -2.26. The van der Waals surface area contributed by atoms with Gasteiger partial charge in [0.15, 0.2) is 12.3 Å². The molecule has 0 saturated heterocycles. The molecule has 0 bridgehead atoms. The van der Waals surface area contributed by atoms with E-state index in [1.165, 1.54) is 12.5 Å². The fourth-order valence-electron chi connectivity index (χ4n) is 2.44. The molecule has 2 aliphatic carbocycles. The van der Waals surface area contributed by atoms with Crippen molar-refractivity contribution in [3.8, 4) is 0 Å². The van der Waals surface area contributed by atoms with Gasteiger partial charge in [0.05, 0.1) is 0 Å². The second-order valence-electron chi connectivity index (χ2n) is 4.23. The number of alkyl halides is 2. The Bertz CT molecular complexity index is 249. The Morgan fingerprint density at radius 3 is 2.50 bits per heavy atom. The minimum Gasteiger partial charge on any atom is -0.239 e. The molecule has 2 unspecified atom stereocenters. The molecule has 1 fully saturated rings. The van der Waals surface area contributed by atoms with Crippen LogP contribution in [-0.4, -0.2) is 12.3 Å². The van der Waals surface area contributed by atoms with E-state index >= 15 is 0 Å². The van der Waals surface area contributed by atoms with Crippen molar-refractivity contribution in [1.82, 2.24) is 0 Å². The summed E-state index contributed by atoms with van der Waals surface area (Å²) in [6.07, 6.45) is 7.57. The average Bonchev–Trinajstić information content (AvgIpc) is 2.23. The van der Waals surface area contributed by atoms with Crippen LogP contribution in [0.2, 0.25) is 0 Å². The van der Waals surface area contributed by atoms with E-state index in [1.807, 2.05) is 0 Å². The van der Waals surface area contributed by atoms with Gasteiger partial charge in [-0.15, -0.1) is 0 Å². The van der Waals surface area contributed by atoms with E-state index in [-0.39, 0.29) is 0 Å². The van der Waals surface area contributed by atoms with Crippen LogP contribution in [0, 0.1) is 5.92 Å². The molecule has 0 aromatic carbocycles. The van der Waals surface area contributed by atoms with E-state index in [2.05, 4.69) is 0 Å². The molecule has 2 heteroatoms. The van der Waals surface area contributed by atoms with Gasteiger partial charge in [-0.05, 0) is 30.4 Å². The van der Waals surface area contributed by atoms with Gasteiger partial charge in [0.2, 0.25) is 0 Å². The summed E-state index contributed by atoms with van der Waals surface area (Å²) in [5, 5.41) is 0. The third kappa shape index (κ3) is 1.89. The zero-order valence-electron chi connectivity index (χ0n) is 8.26. The molecule has 0 aliphatic heterocycles. The Morgan fingerprint density at radius 1 is 1.07 bits per heavy atom. The normalized spacial score (nSPS) is 34.3. The fraction of sp³-hybridized carbons (Fsp3) is 0.667. The summed E-state index contributed by atoms with van der Waals surface area (Å²) < 4.78 is 26.6. The van der Waals surface area contributed by atoms with Crippen molar-refractivity contribution in [2.24, 2.45) is 5.92 Å². The summed E-state index contributed by atoms with van der Waals surface area (Å²) in [6.45, 7) is 0. The van der Waals surface area contributed by atoms with Crippen LogP contribution >= 0.6 is 0 Å². The van der Waals surface area contributed by atoms with E-state index in [4.69, 9.17) is 0 Å². The minimum absolute atomic E-state index is 0.293. The molecule has 0 N–H and O–H groups in total. The number of halogens is 2. The van der Waals surface area contributed by atoms with Crippen molar-refractivity contribution in [1.29, 1.82) is 0 Å². The fourth-order valence-corrected chi connectivity index (χ4v) is 2.44. The zero-order chi connectivity index (χ0) is 9.97. The van der Waals surface area contributed by atoms with Crippen LogP contribution in [0.5, 0.6) is 0 Å². The van der Waals surface area contributed by atoms with Crippen molar-refractivity contribution in [3.63, 3.8) is 0 Å². The molecule has 0 heterocycles. The molecule has 0 spiro atoms. The Kier molecular flexibility index (Phi) is 2.99. The summed E-state index contributed by atoms with van der Waals surface area (Å²) in [5.74, 6) is 0.293. The van der Waals surface area contributed by atoms with E-state index in [0.29, 0.717) is 11.5 Å². The second kappa shape index (κ2) is 4.24. The van der Waals surface area contributed by atoms with Crippen LogP contribution in [0.1, 0.15) is 32.1 Å². The monoisotopic (exact) mass is 198 g/mol. The van der Waals surface area contributed by atoms with Crippen LogP contribution in [0.15, 0.2) is 23.8 Å². The average molecular weight is 198 g/mol. The highest BCUT2D eigenvalue weighted by Crippen LogP contribution is 2.35. The van der Waals surface area contributed by atoms with Crippen molar-refractivity contribution < 1.29 is 8.78 Å². The van der Waals surface area contributed by atoms with Gasteiger partial charge in [0.1, 0.15) is 0 Å². The molecule has 0 nitrogen and oxygen atoms in total. The van der Waals surface area contributed by atoms with Gasteiger partial charge in [0.25, 0.3) is 0 Å². The third-order valence-corrected chi connectivity index (χ3v) is 3.26. The van der Waals surface area contributed by atoms with Gasteiger partial charge in [-0.1, -0.05) is 31.4 Å². The number of hydrogen-bond acceptors (Lipinski definition) is 0. The summed E-state index contributed by atoms with van der Waals surface area (Å²) in [4.78, 5) is 0. The maximum atomic E-state index is 13.5. The standard InChI is InChI=1S/C12H16F2/c13-11-8-4-7-10(12(11)14)9-5-2-1-3-6-9/h4,7-9,11-12H,1-3,5-6H2. The summed E-state index contributed by atoms with van der Waals surface area (Å²) in [6, 6.07) is 0.